The number of ether oxygens (including phenoxy) is 1. The molecule has 21 heavy (non-hydrogen) atoms. The van der Waals surface area contributed by atoms with Crippen LogP contribution in [0, 0.1) is 6.92 Å². The SMILES string of the molecule is COCCNCc1cccc(SCc2cccc(C)c2)c1. The summed E-state index contributed by atoms with van der Waals surface area (Å²) in [5, 5.41) is 3.38. The number of nitrogens with one attached hydrogen (secondary N) is 1. The van der Waals surface area contributed by atoms with Crippen LogP contribution in [0.25, 0.3) is 0 Å². The summed E-state index contributed by atoms with van der Waals surface area (Å²) in [6.45, 7) is 4.67. The molecule has 0 saturated heterocycles. The van der Waals surface area contributed by atoms with Crippen LogP contribution in [0.2, 0.25) is 0 Å². The minimum atomic E-state index is 0.752. The van der Waals surface area contributed by atoms with E-state index in [1.807, 2.05) is 11.8 Å². The number of thioether (sulfide) groups is 1. The van der Waals surface area contributed by atoms with Crippen LogP contribution in [0.4, 0.5) is 0 Å². The molecule has 1 N–H and O–H groups in total. The van der Waals surface area contributed by atoms with E-state index in [1.165, 1.54) is 21.6 Å². The van der Waals surface area contributed by atoms with Crippen LogP contribution < -0.4 is 5.32 Å². The van der Waals surface area contributed by atoms with Crippen LogP contribution in [0.3, 0.4) is 0 Å². The van der Waals surface area contributed by atoms with E-state index in [2.05, 4.69) is 60.8 Å². The van der Waals surface area contributed by atoms with Gasteiger partial charge >= 0.3 is 0 Å². The summed E-state index contributed by atoms with van der Waals surface area (Å²) in [7, 11) is 1.73. The number of rotatable bonds is 8. The molecule has 112 valence electrons. The van der Waals surface area contributed by atoms with Gasteiger partial charge in [0.25, 0.3) is 0 Å². The Bertz CT molecular complexity index is 556. The molecule has 3 heteroatoms. The molecule has 0 radical (unpaired) electrons. The highest BCUT2D eigenvalue weighted by Crippen LogP contribution is 2.24. The monoisotopic (exact) mass is 301 g/mol. The third-order valence-corrected chi connectivity index (χ3v) is 4.26. The van der Waals surface area contributed by atoms with E-state index in [4.69, 9.17) is 4.74 Å². The zero-order valence-electron chi connectivity index (χ0n) is 12.8. The first-order chi connectivity index (χ1) is 10.3. The maximum Gasteiger partial charge on any atom is 0.0587 e. The Morgan fingerprint density at radius 2 is 1.86 bits per heavy atom. The lowest BCUT2D eigenvalue weighted by molar-refractivity contribution is 0.199. The highest BCUT2D eigenvalue weighted by Gasteiger charge is 1.99. The first-order valence-corrected chi connectivity index (χ1v) is 8.23. The zero-order valence-corrected chi connectivity index (χ0v) is 13.6. The Kier molecular flexibility index (Phi) is 6.80. The lowest BCUT2D eigenvalue weighted by Gasteiger charge is -2.07. The van der Waals surface area contributed by atoms with Crippen molar-refractivity contribution in [2.75, 3.05) is 20.3 Å². The van der Waals surface area contributed by atoms with Crippen LogP contribution in [-0.4, -0.2) is 20.3 Å². The number of hydrogen-bond acceptors (Lipinski definition) is 3. The molecule has 2 aromatic rings. The van der Waals surface area contributed by atoms with E-state index in [9.17, 15) is 0 Å². The average Bonchev–Trinajstić information content (AvgIpc) is 2.50. The first kappa shape index (κ1) is 16.1. The second kappa shape index (κ2) is 8.88. The summed E-state index contributed by atoms with van der Waals surface area (Å²) < 4.78 is 5.03. The Balaban J connectivity index is 1.86. The van der Waals surface area contributed by atoms with Gasteiger partial charge in [0.2, 0.25) is 0 Å². The van der Waals surface area contributed by atoms with E-state index in [1.54, 1.807) is 7.11 Å². The summed E-state index contributed by atoms with van der Waals surface area (Å²) in [5.41, 5.74) is 4.02. The fourth-order valence-corrected chi connectivity index (χ4v) is 3.04. The van der Waals surface area contributed by atoms with Crippen LogP contribution in [-0.2, 0) is 17.0 Å². The van der Waals surface area contributed by atoms with Crippen molar-refractivity contribution in [3.8, 4) is 0 Å². The Hall–Kier alpha value is -1.29. The summed E-state index contributed by atoms with van der Waals surface area (Å²) in [4.78, 5) is 1.32. The second-order valence-corrected chi connectivity index (χ2v) is 6.14. The van der Waals surface area contributed by atoms with Gasteiger partial charge < -0.3 is 10.1 Å². The Morgan fingerprint density at radius 3 is 2.67 bits per heavy atom. The van der Waals surface area contributed by atoms with Crippen molar-refractivity contribution < 1.29 is 4.74 Å². The van der Waals surface area contributed by atoms with Gasteiger partial charge in [-0.1, -0.05) is 42.0 Å². The van der Waals surface area contributed by atoms with E-state index in [0.29, 0.717) is 0 Å². The van der Waals surface area contributed by atoms with Crippen LogP contribution in [0.15, 0.2) is 53.4 Å². The molecule has 0 fully saturated rings. The summed E-state index contributed by atoms with van der Waals surface area (Å²) in [6, 6.07) is 17.4. The van der Waals surface area contributed by atoms with E-state index in [0.717, 1.165) is 25.4 Å². The van der Waals surface area contributed by atoms with Crippen molar-refractivity contribution in [1.82, 2.24) is 5.32 Å². The lowest BCUT2D eigenvalue weighted by atomic mass is 10.2. The summed E-state index contributed by atoms with van der Waals surface area (Å²) in [5.74, 6) is 1.02. The number of benzene rings is 2. The number of aryl methyl sites for hydroxylation is 1. The maximum atomic E-state index is 5.03. The third-order valence-electron chi connectivity index (χ3n) is 3.20. The molecule has 0 saturated carbocycles. The van der Waals surface area contributed by atoms with Gasteiger partial charge in [0.15, 0.2) is 0 Å². The van der Waals surface area contributed by atoms with Gasteiger partial charge in [-0.2, -0.15) is 0 Å². The molecule has 0 bridgehead atoms. The highest BCUT2D eigenvalue weighted by molar-refractivity contribution is 7.98. The molecule has 2 nitrogen and oxygen atoms in total. The van der Waals surface area contributed by atoms with Gasteiger partial charge in [0.1, 0.15) is 0 Å². The molecule has 0 aromatic heterocycles. The van der Waals surface area contributed by atoms with Gasteiger partial charge in [-0.25, -0.2) is 0 Å². The normalized spacial score (nSPS) is 10.8. The summed E-state index contributed by atoms with van der Waals surface area (Å²) >= 11 is 1.89. The molecule has 0 atom stereocenters. The van der Waals surface area contributed by atoms with Crippen molar-refractivity contribution in [3.63, 3.8) is 0 Å². The average molecular weight is 301 g/mol. The molecule has 0 heterocycles. The molecule has 2 rings (SSSR count). The van der Waals surface area contributed by atoms with Crippen molar-refractivity contribution >= 4 is 11.8 Å². The molecule has 0 aliphatic rings. The standard InChI is InChI=1S/C18H23NOS/c1-15-5-3-7-17(11-15)14-21-18-8-4-6-16(12-18)13-19-9-10-20-2/h3-8,11-12,19H,9-10,13-14H2,1-2H3. The predicted molar refractivity (Wildman–Crippen MR) is 90.8 cm³/mol. The smallest absolute Gasteiger partial charge is 0.0587 e. The zero-order chi connectivity index (χ0) is 14.9. The van der Waals surface area contributed by atoms with E-state index in [-0.39, 0.29) is 0 Å². The molecule has 2 aromatic carbocycles. The van der Waals surface area contributed by atoms with Crippen molar-refractivity contribution in [1.29, 1.82) is 0 Å². The van der Waals surface area contributed by atoms with Gasteiger partial charge in [0, 0.05) is 30.8 Å². The fourth-order valence-electron chi connectivity index (χ4n) is 2.12. The quantitative estimate of drug-likeness (QED) is 0.588. The molecule has 0 unspecified atom stereocenters. The lowest BCUT2D eigenvalue weighted by Crippen LogP contribution is -2.18. The summed E-state index contributed by atoms with van der Waals surface area (Å²) in [6.07, 6.45) is 0. The molecule has 0 spiro atoms. The van der Waals surface area contributed by atoms with Gasteiger partial charge in [-0.05, 0) is 30.2 Å². The minimum Gasteiger partial charge on any atom is -0.383 e. The van der Waals surface area contributed by atoms with E-state index < -0.39 is 0 Å². The number of methoxy groups -OCH3 is 1. The van der Waals surface area contributed by atoms with Crippen LogP contribution in [0.5, 0.6) is 0 Å². The van der Waals surface area contributed by atoms with Gasteiger partial charge in [-0.3, -0.25) is 0 Å². The fraction of sp³-hybridized carbons (Fsp3) is 0.333. The molecular weight excluding hydrogens is 278 g/mol. The topological polar surface area (TPSA) is 21.3 Å². The highest BCUT2D eigenvalue weighted by atomic mass is 32.2. The minimum absolute atomic E-state index is 0.752. The maximum absolute atomic E-state index is 5.03. The number of hydrogen-bond donors (Lipinski definition) is 1. The van der Waals surface area contributed by atoms with Gasteiger partial charge in [-0.15, -0.1) is 11.8 Å². The predicted octanol–water partition coefficient (Wildman–Crippen LogP) is 4.02. The van der Waals surface area contributed by atoms with Gasteiger partial charge in [0.05, 0.1) is 6.61 Å². The van der Waals surface area contributed by atoms with Crippen molar-refractivity contribution in [3.05, 3.63) is 65.2 Å². The molecular formula is C18H23NOS. The van der Waals surface area contributed by atoms with Crippen LogP contribution >= 0.6 is 11.8 Å². The molecule has 0 amide bonds. The van der Waals surface area contributed by atoms with Crippen molar-refractivity contribution in [2.45, 2.75) is 24.1 Å². The van der Waals surface area contributed by atoms with Crippen molar-refractivity contribution in [2.24, 2.45) is 0 Å². The molecule has 0 aliphatic carbocycles. The largest absolute Gasteiger partial charge is 0.383 e. The van der Waals surface area contributed by atoms with E-state index >= 15 is 0 Å². The Morgan fingerprint density at radius 1 is 1.05 bits per heavy atom. The Labute approximate surface area is 131 Å². The van der Waals surface area contributed by atoms with Crippen LogP contribution in [0.1, 0.15) is 16.7 Å². The third kappa shape index (κ3) is 5.92. The second-order valence-electron chi connectivity index (χ2n) is 5.09. The molecule has 0 aliphatic heterocycles. The first-order valence-electron chi connectivity index (χ1n) is 7.25.